The highest BCUT2D eigenvalue weighted by Crippen LogP contribution is 2.24. The molecule has 3 aromatic heterocycles. The van der Waals surface area contributed by atoms with Crippen LogP contribution in [0, 0.1) is 0 Å². The van der Waals surface area contributed by atoms with E-state index in [0.29, 0.717) is 17.4 Å². The maximum absolute atomic E-state index is 12.3. The minimum Gasteiger partial charge on any atom is -0.464 e. The largest absolute Gasteiger partial charge is 0.464 e. The standard InChI is InChI=1S/C19H17N5O2S/c1-2-24-18(14-4-3-8-20-11-14)22-23-19(24)27-12-17(25)21-15-6-5-13-7-9-26-16(13)10-15/h3-11H,2,12H2,1H3,(H,21,25). The molecule has 0 aliphatic heterocycles. The lowest BCUT2D eigenvalue weighted by atomic mass is 10.2. The maximum atomic E-state index is 12.3. The smallest absolute Gasteiger partial charge is 0.234 e. The van der Waals surface area contributed by atoms with Gasteiger partial charge in [0.15, 0.2) is 11.0 Å². The summed E-state index contributed by atoms with van der Waals surface area (Å²) in [7, 11) is 0. The van der Waals surface area contributed by atoms with Gasteiger partial charge in [-0.3, -0.25) is 9.78 Å². The molecule has 7 nitrogen and oxygen atoms in total. The van der Waals surface area contributed by atoms with Crippen molar-refractivity contribution in [2.75, 3.05) is 11.1 Å². The lowest BCUT2D eigenvalue weighted by Crippen LogP contribution is -2.14. The average Bonchev–Trinajstić information content (AvgIpc) is 3.33. The quantitative estimate of drug-likeness (QED) is 0.512. The predicted octanol–water partition coefficient (Wildman–Crippen LogP) is 3.84. The summed E-state index contributed by atoms with van der Waals surface area (Å²) in [4.78, 5) is 16.4. The van der Waals surface area contributed by atoms with Crippen LogP contribution in [0.2, 0.25) is 0 Å². The van der Waals surface area contributed by atoms with Crippen LogP contribution in [0.25, 0.3) is 22.4 Å². The molecule has 1 N–H and O–H groups in total. The van der Waals surface area contributed by atoms with Gasteiger partial charge in [-0.05, 0) is 37.3 Å². The van der Waals surface area contributed by atoms with Gasteiger partial charge in [0.25, 0.3) is 0 Å². The number of pyridine rings is 1. The molecule has 0 bridgehead atoms. The monoisotopic (exact) mass is 379 g/mol. The van der Waals surface area contributed by atoms with E-state index in [9.17, 15) is 4.79 Å². The molecule has 0 spiro atoms. The number of benzene rings is 1. The molecular formula is C19H17N5O2S. The van der Waals surface area contributed by atoms with Crippen molar-refractivity contribution in [3.8, 4) is 11.4 Å². The van der Waals surface area contributed by atoms with Gasteiger partial charge in [0.1, 0.15) is 5.58 Å². The number of amides is 1. The van der Waals surface area contributed by atoms with Crippen molar-refractivity contribution in [1.82, 2.24) is 19.7 Å². The minimum atomic E-state index is -0.112. The van der Waals surface area contributed by atoms with Gasteiger partial charge in [0.05, 0.1) is 12.0 Å². The predicted molar refractivity (Wildman–Crippen MR) is 104 cm³/mol. The minimum absolute atomic E-state index is 0.112. The lowest BCUT2D eigenvalue weighted by Gasteiger charge is -2.07. The molecule has 4 rings (SSSR count). The molecule has 0 fully saturated rings. The first-order valence-corrected chi connectivity index (χ1v) is 9.46. The first-order valence-electron chi connectivity index (χ1n) is 8.48. The third-order valence-corrected chi connectivity index (χ3v) is 4.99. The first kappa shape index (κ1) is 17.3. The van der Waals surface area contributed by atoms with Crippen molar-refractivity contribution in [2.24, 2.45) is 0 Å². The Morgan fingerprint density at radius 3 is 3.00 bits per heavy atom. The van der Waals surface area contributed by atoms with Crippen molar-refractivity contribution in [3.63, 3.8) is 0 Å². The Kier molecular flexibility index (Phi) is 4.88. The Hall–Kier alpha value is -3.13. The van der Waals surface area contributed by atoms with Crippen LogP contribution in [0.1, 0.15) is 6.92 Å². The van der Waals surface area contributed by atoms with Crippen molar-refractivity contribution >= 4 is 34.3 Å². The number of thioether (sulfide) groups is 1. The van der Waals surface area contributed by atoms with Crippen molar-refractivity contribution in [2.45, 2.75) is 18.6 Å². The van der Waals surface area contributed by atoms with E-state index >= 15 is 0 Å². The number of hydrogen-bond donors (Lipinski definition) is 1. The van der Waals surface area contributed by atoms with Gasteiger partial charge in [-0.25, -0.2) is 0 Å². The molecule has 1 aromatic carbocycles. The van der Waals surface area contributed by atoms with E-state index in [1.165, 1.54) is 11.8 Å². The number of fused-ring (bicyclic) bond motifs is 1. The highest BCUT2D eigenvalue weighted by Gasteiger charge is 2.15. The second kappa shape index (κ2) is 7.63. The van der Waals surface area contributed by atoms with Crippen LogP contribution in [0.4, 0.5) is 5.69 Å². The average molecular weight is 379 g/mol. The van der Waals surface area contributed by atoms with Gasteiger partial charge in [-0.1, -0.05) is 11.8 Å². The molecule has 0 aliphatic rings. The number of hydrogen-bond acceptors (Lipinski definition) is 6. The number of furan rings is 1. The number of nitrogens with zero attached hydrogens (tertiary/aromatic N) is 4. The van der Waals surface area contributed by atoms with E-state index < -0.39 is 0 Å². The van der Waals surface area contributed by atoms with Gasteiger partial charge in [-0.2, -0.15) is 0 Å². The Bertz CT molecular complexity index is 1070. The first-order chi connectivity index (χ1) is 13.2. The van der Waals surface area contributed by atoms with Crippen molar-refractivity contribution in [3.05, 3.63) is 55.1 Å². The van der Waals surface area contributed by atoms with Crippen LogP contribution < -0.4 is 5.32 Å². The molecule has 0 saturated carbocycles. The van der Waals surface area contributed by atoms with Crippen molar-refractivity contribution in [1.29, 1.82) is 0 Å². The van der Waals surface area contributed by atoms with E-state index in [2.05, 4.69) is 20.5 Å². The molecule has 1 amide bonds. The second-order valence-electron chi connectivity index (χ2n) is 5.80. The zero-order valence-electron chi connectivity index (χ0n) is 14.6. The summed E-state index contributed by atoms with van der Waals surface area (Å²) < 4.78 is 7.34. The Balaban J connectivity index is 1.43. The zero-order valence-corrected chi connectivity index (χ0v) is 15.4. The molecule has 27 heavy (non-hydrogen) atoms. The zero-order chi connectivity index (χ0) is 18.6. The fraction of sp³-hybridized carbons (Fsp3) is 0.158. The van der Waals surface area contributed by atoms with Gasteiger partial charge < -0.3 is 14.3 Å². The topological polar surface area (TPSA) is 85.8 Å². The van der Waals surface area contributed by atoms with Crippen LogP contribution in [-0.4, -0.2) is 31.4 Å². The maximum Gasteiger partial charge on any atom is 0.234 e. The molecule has 0 atom stereocenters. The van der Waals surface area contributed by atoms with Crippen LogP contribution in [0.15, 0.2) is 64.6 Å². The molecular weight excluding hydrogens is 362 g/mol. The highest BCUT2D eigenvalue weighted by atomic mass is 32.2. The third-order valence-electron chi connectivity index (χ3n) is 4.03. The fourth-order valence-electron chi connectivity index (χ4n) is 2.75. The summed E-state index contributed by atoms with van der Waals surface area (Å²) >= 11 is 1.35. The molecule has 3 heterocycles. The SMILES string of the molecule is CCn1c(SCC(=O)Nc2ccc3ccoc3c2)nnc1-c1cccnc1. The molecule has 136 valence electrons. The number of aromatic nitrogens is 4. The summed E-state index contributed by atoms with van der Waals surface area (Å²) in [5.74, 6) is 0.873. The van der Waals surface area contributed by atoms with Crippen LogP contribution >= 0.6 is 11.8 Å². The van der Waals surface area contributed by atoms with Gasteiger partial charge >= 0.3 is 0 Å². The van der Waals surface area contributed by atoms with E-state index in [4.69, 9.17) is 4.42 Å². The number of rotatable bonds is 6. The molecule has 0 unspecified atom stereocenters. The van der Waals surface area contributed by atoms with Crippen LogP contribution in [0.3, 0.4) is 0 Å². The van der Waals surface area contributed by atoms with E-state index in [1.54, 1.807) is 18.7 Å². The number of nitrogens with one attached hydrogen (secondary N) is 1. The van der Waals surface area contributed by atoms with Gasteiger partial charge in [0, 0.05) is 41.6 Å². The normalized spacial score (nSPS) is 11.0. The van der Waals surface area contributed by atoms with Crippen LogP contribution in [-0.2, 0) is 11.3 Å². The van der Waals surface area contributed by atoms with Crippen molar-refractivity contribution < 1.29 is 9.21 Å². The molecule has 8 heteroatoms. The van der Waals surface area contributed by atoms with E-state index in [-0.39, 0.29) is 11.7 Å². The van der Waals surface area contributed by atoms with E-state index in [0.717, 1.165) is 22.4 Å². The van der Waals surface area contributed by atoms with Gasteiger partial charge in [-0.15, -0.1) is 10.2 Å². The number of carbonyl (C=O) groups is 1. The summed E-state index contributed by atoms with van der Waals surface area (Å²) in [6.07, 6.45) is 5.10. The van der Waals surface area contributed by atoms with Crippen LogP contribution in [0.5, 0.6) is 0 Å². The fourth-order valence-corrected chi connectivity index (χ4v) is 3.55. The van der Waals surface area contributed by atoms with E-state index in [1.807, 2.05) is 47.9 Å². The molecule has 0 aliphatic carbocycles. The lowest BCUT2D eigenvalue weighted by molar-refractivity contribution is -0.113. The molecule has 0 radical (unpaired) electrons. The highest BCUT2D eigenvalue weighted by molar-refractivity contribution is 7.99. The summed E-state index contributed by atoms with van der Waals surface area (Å²) in [6.45, 7) is 2.72. The summed E-state index contributed by atoms with van der Waals surface area (Å²) in [5.41, 5.74) is 2.35. The number of carbonyl (C=O) groups excluding carboxylic acids is 1. The Morgan fingerprint density at radius 2 is 2.19 bits per heavy atom. The Morgan fingerprint density at radius 1 is 1.26 bits per heavy atom. The number of anilines is 1. The van der Waals surface area contributed by atoms with Gasteiger partial charge in [0.2, 0.25) is 5.91 Å². The summed E-state index contributed by atoms with van der Waals surface area (Å²) in [5, 5.41) is 13.1. The molecule has 4 aromatic rings. The Labute approximate surface area is 159 Å². The third kappa shape index (κ3) is 3.70. The molecule has 0 saturated heterocycles. The summed E-state index contributed by atoms with van der Waals surface area (Å²) in [6, 6.07) is 11.3. The second-order valence-corrected chi connectivity index (χ2v) is 6.74.